The maximum absolute atomic E-state index is 11.2. The second kappa shape index (κ2) is 6.65. The summed E-state index contributed by atoms with van der Waals surface area (Å²) in [6.07, 6.45) is 4.04. The van der Waals surface area contributed by atoms with Crippen LogP contribution < -0.4 is 9.47 Å². The summed E-state index contributed by atoms with van der Waals surface area (Å²) in [5.74, 6) is 1.67. The largest absolute Gasteiger partial charge is 0.497 e. The van der Waals surface area contributed by atoms with Gasteiger partial charge in [-0.05, 0) is 25.3 Å². The van der Waals surface area contributed by atoms with Crippen molar-refractivity contribution in [1.82, 2.24) is 4.90 Å². The van der Waals surface area contributed by atoms with Crippen molar-refractivity contribution in [2.75, 3.05) is 27.3 Å². The monoisotopic (exact) mass is 379 g/mol. The van der Waals surface area contributed by atoms with Crippen LogP contribution in [0, 0.1) is 5.41 Å². The van der Waals surface area contributed by atoms with E-state index in [0.717, 1.165) is 66.7 Å². The van der Waals surface area contributed by atoms with Crippen molar-refractivity contribution in [3.63, 3.8) is 0 Å². The topological polar surface area (TPSA) is 38.8 Å². The van der Waals surface area contributed by atoms with Gasteiger partial charge < -0.3 is 9.47 Å². The Kier molecular flexibility index (Phi) is 4.78. The van der Waals surface area contributed by atoms with Gasteiger partial charge in [0, 0.05) is 46.7 Å². The number of aldehydes is 1. The minimum Gasteiger partial charge on any atom is -0.497 e. The quantitative estimate of drug-likeness (QED) is 0.733. The number of allylic oxidation sites excluding steroid dienone is 2. The van der Waals surface area contributed by atoms with Gasteiger partial charge in [0.15, 0.2) is 0 Å². The summed E-state index contributed by atoms with van der Waals surface area (Å²) >= 11 is 3.53. The van der Waals surface area contributed by atoms with Crippen molar-refractivity contribution in [3.05, 3.63) is 33.8 Å². The highest BCUT2D eigenvalue weighted by Crippen LogP contribution is 2.47. The average Bonchev–Trinajstić information content (AvgIpc) is 2.55. The van der Waals surface area contributed by atoms with E-state index in [0.29, 0.717) is 0 Å². The molecule has 1 saturated heterocycles. The van der Waals surface area contributed by atoms with Gasteiger partial charge in [-0.25, -0.2) is 0 Å². The molecule has 0 N–H and O–H groups in total. The van der Waals surface area contributed by atoms with E-state index in [-0.39, 0.29) is 5.41 Å². The zero-order chi connectivity index (χ0) is 16.4. The van der Waals surface area contributed by atoms with Gasteiger partial charge in [-0.15, -0.1) is 0 Å². The van der Waals surface area contributed by atoms with E-state index in [9.17, 15) is 4.79 Å². The number of ether oxygens (including phenoxy) is 2. The van der Waals surface area contributed by atoms with Crippen molar-refractivity contribution >= 4 is 22.2 Å². The molecule has 3 rings (SSSR count). The fourth-order valence-corrected chi connectivity index (χ4v) is 4.17. The number of nitrogens with zero attached hydrogens (tertiary/aromatic N) is 1. The maximum Gasteiger partial charge on any atom is 0.146 e. The van der Waals surface area contributed by atoms with E-state index in [1.807, 2.05) is 12.1 Å². The smallest absolute Gasteiger partial charge is 0.146 e. The summed E-state index contributed by atoms with van der Waals surface area (Å²) < 4.78 is 11.8. The van der Waals surface area contributed by atoms with E-state index >= 15 is 0 Å². The first-order valence-corrected chi connectivity index (χ1v) is 8.64. The second-order valence-corrected chi connectivity index (χ2v) is 7.50. The van der Waals surface area contributed by atoms with E-state index in [4.69, 9.17) is 9.47 Å². The van der Waals surface area contributed by atoms with Crippen LogP contribution in [0.4, 0.5) is 0 Å². The first-order valence-electron chi connectivity index (χ1n) is 7.85. The molecule has 0 saturated carbocycles. The molecule has 1 aromatic rings. The lowest BCUT2D eigenvalue weighted by Gasteiger charge is -2.52. The Morgan fingerprint density at radius 2 is 2.09 bits per heavy atom. The van der Waals surface area contributed by atoms with Crippen molar-refractivity contribution in [3.8, 4) is 11.5 Å². The van der Waals surface area contributed by atoms with Crippen LogP contribution in [-0.4, -0.2) is 38.5 Å². The van der Waals surface area contributed by atoms with Crippen LogP contribution in [0.25, 0.3) is 0 Å². The third-order valence-electron chi connectivity index (χ3n) is 4.94. The number of rotatable bonds is 5. The Morgan fingerprint density at radius 1 is 1.30 bits per heavy atom. The summed E-state index contributed by atoms with van der Waals surface area (Å²) in [5.41, 5.74) is 2.40. The molecular formula is C18H22BrNO3. The summed E-state index contributed by atoms with van der Waals surface area (Å²) in [5, 5.41) is 0. The molecule has 0 amide bonds. The summed E-state index contributed by atoms with van der Waals surface area (Å²) in [7, 11) is 3.35. The van der Waals surface area contributed by atoms with Gasteiger partial charge in [-0.3, -0.25) is 9.69 Å². The maximum atomic E-state index is 11.2. The van der Waals surface area contributed by atoms with Crippen LogP contribution in [0.15, 0.2) is 28.3 Å². The van der Waals surface area contributed by atoms with Crippen molar-refractivity contribution in [2.45, 2.75) is 25.8 Å². The Bertz CT molecular complexity index is 635. The first-order chi connectivity index (χ1) is 11.1. The highest BCUT2D eigenvalue weighted by molar-refractivity contribution is 9.11. The fraction of sp³-hybridized carbons (Fsp3) is 0.500. The SMILES string of the molecule is COc1ccc(CN2CC3(CCC(Br)=C(C=O)C3)C2)c(OC)c1. The van der Waals surface area contributed by atoms with Crippen LogP contribution in [0.1, 0.15) is 24.8 Å². The Balaban J connectivity index is 1.64. The Morgan fingerprint density at radius 3 is 2.74 bits per heavy atom. The van der Waals surface area contributed by atoms with Crippen LogP contribution >= 0.6 is 15.9 Å². The third kappa shape index (κ3) is 3.31. The van der Waals surface area contributed by atoms with Gasteiger partial charge in [0.25, 0.3) is 0 Å². The number of hydrogen-bond donors (Lipinski definition) is 0. The van der Waals surface area contributed by atoms with Crippen molar-refractivity contribution in [2.24, 2.45) is 5.41 Å². The minimum atomic E-state index is 0.285. The molecule has 0 atom stereocenters. The lowest BCUT2D eigenvalue weighted by Crippen LogP contribution is -2.56. The zero-order valence-corrected chi connectivity index (χ0v) is 15.2. The number of likely N-dealkylation sites (tertiary alicyclic amines) is 1. The average molecular weight is 380 g/mol. The van der Waals surface area contributed by atoms with Gasteiger partial charge in [0.1, 0.15) is 17.8 Å². The molecule has 124 valence electrons. The zero-order valence-electron chi connectivity index (χ0n) is 13.6. The number of hydrogen-bond acceptors (Lipinski definition) is 4. The van der Waals surface area contributed by atoms with E-state index in [1.165, 1.54) is 5.56 Å². The molecule has 0 radical (unpaired) electrons. The molecule has 1 fully saturated rings. The highest BCUT2D eigenvalue weighted by atomic mass is 79.9. The van der Waals surface area contributed by atoms with Crippen molar-refractivity contribution in [1.29, 1.82) is 0 Å². The number of methoxy groups -OCH3 is 2. The van der Waals surface area contributed by atoms with E-state index in [2.05, 4.69) is 26.9 Å². The molecule has 23 heavy (non-hydrogen) atoms. The number of carbonyl (C=O) groups excluding carboxylic acids is 1. The molecule has 1 aromatic carbocycles. The summed E-state index contributed by atoms with van der Waals surface area (Å²) in [6, 6.07) is 5.96. The number of carbonyl (C=O) groups is 1. The second-order valence-electron chi connectivity index (χ2n) is 6.55. The minimum absolute atomic E-state index is 0.285. The van der Waals surface area contributed by atoms with Gasteiger partial charge in [-0.1, -0.05) is 22.0 Å². The normalized spacial score (nSPS) is 20.3. The number of benzene rings is 1. The van der Waals surface area contributed by atoms with Gasteiger partial charge in [0.2, 0.25) is 0 Å². The number of halogens is 1. The van der Waals surface area contributed by atoms with Gasteiger partial charge >= 0.3 is 0 Å². The Labute approximate surface area is 145 Å². The lowest BCUT2D eigenvalue weighted by molar-refractivity contribution is -0.106. The molecule has 4 nitrogen and oxygen atoms in total. The summed E-state index contributed by atoms with van der Waals surface area (Å²) in [6.45, 7) is 2.95. The molecule has 1 aliphatic carbocycles. The molecule has 5 heteroatoms. The van der Waals surface area contributed by atoms with E-state index < -0.39 is 0 Å². The molecule has 1 aliphatic heterocycles. The van der Waals surface area contributed by atoms with Crippen LogP contribution in [0.5, 0.6) is 11.5 Å². The molecule has 2 aliphatic rings. The standard InChI is InChI=1S/C18H22BrNO3/c1-22-15-4-3-13(17(7-15)23-2)9-20-11-18(12-20)6-5-16(19)14(8-18)10-21/h3-4,7,10H,5-6,8-9,11-12H2,1-2H3. The predicted octanol–water partition coefficient (Wildman–Crippen LogP) is 3.54. The van der Waals surface area contributed by atoms with Crippen LogP contribution in [0.3, 0.4) is 0 Å². The molecule has 0 aromatic heterocycles. The Hall–Kier alpha value is -1.33. The lowest BCUT2D eigenvalue weighted by atomic mass is 9.68. The van der Waals surface area contributed by atoms with E-state index in [1.54, 1.807) is 14.2 Å². The van der Waals surface area contributed by atoms with Crippen molar-refractivity contribution < 1.29 is 14.3 Å². The highest BCUT2D eigenvalue weighted by Gasteiger charge is 2.45. The first kappa shape index (κ1) is 16.5. The summed E-state index contributed by atoms with van der Waals surface area (Å²) in [4.78, 5) is 13.6. The molecule has 1 spiro atoms. The predicted molar refractivity (Wildman–Crippen MR) is 93.1 cm³/mol. The third-order valence-corrected chi connectivity index (χ3v) is 5.84. The fourth-order valence-electron chi connectivity index (χ4n) is 3.74. The van der Waals surface area contributed by atoms with Crippen LogP contribution in [0.2, 0.25) is 0 Å². The van der Waals surface area contributed by atoms with Gasteiger partial charge in [-0.2, -0.15) is 0 Å². The molecule has 0 bridgehead atoms. The van der Waals surface area contributed by atoms with Crippen LogP contribution in [-0.2, 0) is 11.3 Å². The molecule has 0 unspecified atom stereocenters. The molecule has 1 heterocycles. The van der Waals surface area contributed by atoms with Gasteiger partial charge in [0.05, 0.1) is 14.2 Å². The molecular weight excluding hydrogens is 358 g/mol.